The second-order valence-electron chi connectivity index (χ2n) is 5.32. The minimum Gasteiger partial charge on any atom is -0.491 e. The van der Waals surface area contributed by atoms with Crippen LogP contribution in [0.3, 0.4) is 0 Å². The normalized spacial score (nSPS) is 16.1. The summed E-state index contributed by atoms with van der Waals surface area (Å²) >= 11 is 0. The van der Waals surface area contributed by atoms with E-state index in [9.17, 15) is 14.9 Å². The van der Waals surface area contributed by atoms with Crippen LogP contribution < -0.4 is 15.8 Å². The molecule has 0 radical (unpaired) electrons. The molecule has 0 bridgehead atoms. The Labute approximate surface area is 132 Å². The molecule has 0 aromatic heterocycles. The molecule has 1 atom stereocenters. The van der Waals surface area contributed by atoms with Crippen molar-refractivity contribution in [1.29, 1.82) is 0 Å². The molecule has 7 nitrogen and oxygen atoms in total. The summed E-state index contributed by atoms with van der Waals surface area (Å²) < 4.78 is 5.61. The molecule has 0 spiro atoms. The van der Waals surface area contributed by atoms with Gasteiger partial charge in [0.25, 0.3) is 11.6 Å². The number of nitro groups is 1. The summed E-state index contributed by atoms with van der Waals surface area (Å²) in [5, 5.41) is 13.6. The SMILES string of the molecule is Nc1ccc([N+](=O)[O-])cc1C(=O)N[C@H]1COc2ccccc2C1. The summed E-state index contributed by atoms with van der Waals surface area (Å²) in [6.07, 6.45) is 0.636. The third kappa shape index (κ3) is 3.08. The van der Waals surface area contributed by atoms with Crippen molar-refractivity contribution in [2.75, 3.05) is 12.3 Å². The van der Waals surface area contributed by atoms with Gasteiger partial charge >= 0.3 is 0 Å². The molecule has 3 rings (SSSR count). The highest BCUT2D eigenvalue weighted by atomic mass is 16.6. The Balaban J connectivity index is 1.75. The summed E-state index contributed by atoms with van der Waals surface area (Å²) in [6, 6.07) is 11.2. The van der Waals surface area contributed by atoms with Crippen LogP contribution in [0.5, 0.6) is 5.75 Å². The topological polar surface area (TPSA) is 107 Å². The number of nitro benzene ring substituents is 1. The summed E-state index contributed by atoms with van der Waals surface area (Å²) in [5.41, 5.74) is 6.89. The van der Waals surface area contributed by atoms with Gasteiger partial charge < -0.3 is 15.8 Å². The lowest BCUT2D eigenvalue weighted by Crippen LogP contribution is -2.42. The molecule has 1 heterocycles. The van der Waals surface area contributed by atoms with Gasteiger partial charge in [0.2, 0.25) is 0 Å². The van der Waals surface area contributed by atoms with E-state index in [2.05, 4.69) is 5.32 Å². The molecule has 0 aliphatic carbocycles. The van der Waals surface area contributed by atoms with Crippen LogP contribution in [-0.4, -0.2) is 23.5 Å². The Hall–Kier alpha value is -3.09. The Kier molecular flexibility index (Phi) is 3.84. The average molecular weight is 313 g/mol. The largest absolute Gasteiger partial charge is 0.491 e. The van der Waals surface area contributed by atoms with Gasteiger partial charge in [0.05, 0.1) is 16.5 Å². The van der Waals surface area contributed by atoms with Crippen molar-refractivity contribution in [1.82, 2.24) is 5.32 Å². The molecule has 23 heavy (non-hydrogen) atoms. The van der Waals surface area contributed by atoms with E-state index in [-0.39, 0.29) is 23.0 Å². The van der Waals surface area contributed by atoms with Crippen molar-refractivity contribution in [3.63, 3.8) is 0 Å². The molecule has 2 aromatic rings. The third-order valence-electron chi connectivity index (χ3n) is 3.71. The van der Waals surface area contributed by atoms with Crippen LogP contribution in [0.25, 0.3) is 0 Å². The molecule has 7 heteroatoms. The number of carbonyl (C=O) groups is 1. The first-order valence-corrected chi connectivity index (χ1v) is 7.10. The number of carbonyl (C=O) groups excluding carboxylic acids is 1. The van der Waals surface area contributed by atoms with Gasteiger partial charge in [-0.05, 0) is 24.1 Å². The standard InChI is InChI=1S/C16H15N3O4/c17-14-6-5-12(19(21)22)8-13(14)16(20)18-11-7-10-3-1-2-4-15(10)23-9-11/h1-6,8,11H,7,9,17H2,(H,18,20)/t11-/m1/s1. The zero-order valence-electron chi connectivity index (χ0n) is 12.2. The van der Waals surface area contributed by atoms with Crippen LogP contribution in [0.4, 0.5) is 11.4 Å². The number of nitrogens with zero attached hydrogens (tertiary/aromatic N) is 1. The van der Waals surface area contributed by atoms with Crippen molar-refractivity contribution < 1.29 is 14.5 Å². The number of ether oxygens (including phenoxy) is 1. The summed E-state index contributed by atoms with van der Waals surface area (Å²) in [6.45, 7) is 0.345. The number of hydrogen-bond acceptors (Lipinski definition) is 5. The second kappa shape index (κ2) is 5.96. The van der Waals surface area contributed by atoms with Crippen molar-refractivity contribution in [2.24, 2.45) is 0 Å². The average Bonchev–Trinajstić information content (AvgIpc) is 2.54. The van der Waals surface area contributed by atoms with Gasteiger partial charge in [-0.25, -0.2) is 0 Å². The van der Waals surface area contributed by atoms with E-state index in [1.165, 1.54) is 18.2 Å². The molecular weight excluding hydrogens is 298 g/mol. The van der Waals surface area contributed by atoms with Crippen LogP contribution in [-0.2, 0) is 6.42 Å². The fraction of sp³-hybridized carbons (Fsp3) is 0.188. The van der Waals surface area contributed by atoms with Crippen molar-refractivity contribution in [3.05, 3.63) is 63.7 Å². The highest BCUT2D eigenvalue weighted by Gasteiger charge is 2.23. The van der Waals surface area contributed by atoms with E-state index in [0.29, 0.717) is 13.0 Å². The highest BCUT2D eigenvalue weighted by Crippen LogP contribution is 2.25. The van der Waals surface area contributed by atoms with Crippen molar-refractivity contribution in [2.45, 2.75) is 12.5 Å². The van der Waals surface area contributed by atoms with E-state index < -0.39 is 10.8 Å². The van der Waals surface area contributed by atoms with Crippen LogP contribution in [0.2, 0.25) is 0 Å². The molecule has 2 aromatic carbocycles. The van der Waals surface area contributed by atoms with Gasteiger partial charge in [-0.1, -0.05) is 18.2 Å². The van der Waals surface area contributed by atoms with Gasteiger partial charge in [0, 0.05) is 17.8 Å². The number of non-ortho nitro benzene ring substituents is 1. The predicted molar refractivity (Wildman–Crippen MR) is 84.4 cm³/mol. The monoisotopic (exact) mass is 313 g/mol. The minimum absolute atomic E-state index is 0.0954. The van der Waals surface area contributed by atoms with E-state index >= 15 is 0 Å². The molecule has 1 amide bonds. The number of para-hydroxylation sites is 1. The lowest BCUT2D eigenvalue weighted by Gasteiger charge is -2.26. The van der Waals surface area contributed by atoms with Gasteiger partial charge in [0.15, 0.2) is 0 Å². The molecule has 118 valence electrons. The minimum atomic E-state index is -0.559. The number of nitrogen functional groups attached to an aromatic ring is 1. The number of rotatable bonds is 3. The number of fused-ring (bicyclic) bond motifs is 1. The molecule has 1 aliphatic heterocycles. The fourth-order valence-electron chi connectivity index (χ4n) is 2.54. The van der Waals surface area contributed by atoms with Crippen LogP contribution in [0.15, 0.2) is 42.5 Å². The van der Waals surface area contributed by atoms with Gasteiger partial charge in [0.1, 0.15) is 12.4 Å². The summed E-state index contributed by atoms with van der Waals surface area (Å²) in [5.74, 6) is 0.368. The van der Waals surface area contributed by atoms with Gasteiger partial charge in [-0.3, -0.25) is 14.9 Å². The maximum absolute atomic E-state index is 12.4. The van der Waals surface area contributed by atoms with E-state index in [1.807, 2.05) is 24.3 Å². The van der Waals surface area contributed by atoms with E-state index in [4.69, 9.17) is 10.5 Å². The predicted octanol–water partition coefficient (Wildman–Crippen LogP) is 1.91. The lowest BCUT2D eigenvalue weighted by molar-refractivity contribution is -0.384. The second-order valence-corrected chi connectivity index (χ2v) is 5.32. The Morgan fingerprint density at radius 3 is 2.87 bits per heavy atom. The summed E-state index contributed by atoms with van der Waals surface area (Å²) in [4.78, 5) is 22.6. The molecule has 1 aliphatic rings. The molecular formula is C16H15N3O4. The van der Waals surface area contributed by atoms with Crippen LogP contribution in [0.1, 0.15) is 15.9 Å². The van der Waals surface area contributed by atoms with Crippen molar-refractivity contribution in [3.8, 4) is 5.75 Å². The molecule has 0 saturated heterocycles. The number of nitrogens with two attached hydrogens (primary N) is 1. The molecule has 0 fully saturated rings. The Bertz CT molecular complexity index is 776. The quantitative estimate of drug-likeness (QED) is 0.511. The number of nitrogens with one attached hydrogen (secondary N) is 1. The van der Waals surface area contributed by atoms with E-state index in [1.54, 1.807) is 0 Å². The number of amides is 1. The smallest absolute Gasteiger partial charge is 0.270 e. The number of benzene rings is 2. The summed E-state index contributed by atoms with van der Waals surface area (Å²) in [7, 11) is 0. The van der Waals surface area contributed by atoms with Gasteiger partial charge in [-0.15, -0.1) is 0 Å². The van der Waals surface area contributed by atoms with Crippen LogP contribution >= 0.6 is 0 Å². The highest BCUT2D eigenvalue weighted by molar-refractivity contribution is 6.00. The number of anilines is 1. The Morgan fingerprint density at radius 1 is 1.30 bits per heavy atom. The molecule has 0 unspecified atom stereocenters. The third-order valence-corrected chi connectivity index (χ3v) is 3.71. The lowest BCUT2D eigenvalue weighted by atomic mass is 10.0. The Morgan fingerprint density at radius 2 is 2.09 bits per heavy atom. The number of hydrogen-bond donors (Lipinski definition) is 2. The van der Waals surface area contributed by atoms with E-state index in [0.717, 1.165) is 11.3 Å². The first-order valence-electron chi connectivity index (χ1n) is 7.10. The maximum atomic E-state index is 12.4. The molecule has 0 saturated carbocycles. The first-order chi connectivity index (χ1) is 11.0. The van der Waals surface area contributed by atoms with Crippen LogP contribution in [0, 0.1) is 10.1 Å². The van der Waals surface area contributed by atoms with Gasteiger partial charge in [-0.2, -0.15) is 0 Å². The molecule has 3 N–H and O–H groups in total. The maximum Gasteiger partial charge on any atom is 0.270 e. The zero-order chi connectivity index (χ0) is 16.4. The zero-order valence-corrected chi connectivity index (χ0v) is 12.2. The van der Waals surface area contributed by atoms with Crippen molar-refractivity contribution >= 4 is 17.3 Å². The first kappa shape index (κ1) is 14.8. The fourth-order valence-corrected chi connectivity index (χ4v) is 2.54.